The smallest absolute Gasteiger partial charge is 0.0540 e. The Kier molecular flexibility index (Phi) is 7.25. The van der Waals surface area contributed by atoms with E-state index in [9.17, 15) is 0 Å². The number of anilines is 2. The van der Waals surface area contributed by atoms with Crippen molar-refractivity contribution in [3.63, 3.8) is 0 Å². The summed E-state index contributed by atoms with van der Waals surface area (Å²) >= 11 is 6.32. The Morgan fingerprint density at radius 3 is 1.85 bits per heavy atom. The van der Waals surface area contributed by atoms with Crippen molar-refractivity contribution in [2.45, 2.75) is 6.42 Å². The molecule has 0 amide bonds. The summed E-state index contributed by atoms with van der Waals surface area (Å²) in [6.07, 6.45) is 9.72. The van der Waals surface area contributed by atoms with Gasteiger partial charge in [0.2, 0.25) is 0 Å². The Morgan fingerprint density at radius 1 is 0.564 bits per heavy atom. The van der Waals surface area contributed by atoms with E-state index in [4.69, 9.17) is 11.6 Å². The molecule has 0 unspecified atom stereocenters. The lowest BCUT2D eigenvalue weighted by atomic mass is 9.96. The largest absolute Gasteiger partial charge is 0.310 e. The van der Waals surface area contributed by atoms with Crippen LogP contribution in [0.15, 0.2) is 163 Å². The summed E-state index contributed by atoms with van der Waals surface area (Å²) in [5.41, 5.74) is 10.6. The third-order valence-electron chi connectivity index (χ3n) is 7.01. The van der Waals surface area contributed by atoms with Crippen LogP contribution >= 0.6 is 11.6 Å². The van der Waals surface area contributed by atoms with Gasteiger partial charge in [0.25, 0.3) is 0 Å². The van der Waals surface area contributed by atoms with Crippen molar-refractivity contribution in [1.82, 2.24) is 0 Å². The molecule has 0 N–H and O–H groups in total. The van der Waals surface area contributed by atoms with E-state index in [1.165, 1.54) is 33.4 Å². The Balaban J connectivity index is 1.50. The topological polar surface area (TPSA) is 3.24 Å². The molecule has 0 atom stereocenters. The number of halogens is 1. The second-order valence-electron chi connectivity index (χ2n) is 9.53. The lowest BCUT2D eigenvalue weighted by Crippen LogP contribution is -2.16. The number of hydrogen-bond donors (Lipinski definition) is 0. The average Bonchev–Trinajstić information content (AvgIpc) is 3.26. The van der Waals surface area contributed by atoms with Crippen LogP contribution in [-0.4, -0.2) is 0 Å². The van der Waals surface area contributed by atoms with Crippen molar-refractivity contribution < 1.29 is 0 Å². The molecule has 0 radical (unpaired) electrons. The molecule has 1 nitrogen and oxygen atoms in total. The first kappa shape index (κ1) is 24.7. The number of benzene rings is 5. The maximum absolute atomic E-state index is 6.32. The van der Waals surface area contributed by atoms with E-state index in [1.54, 1.807) is 0 Å². The van der Waals surface area contributed by atoms with Gasteiger partial charge in [-0.25, -0.2) is 0 Å². The molecule has 0 spiro atoms. The van der Waals surface area contributed by atoms with Crippen molar-refractivity contribution in [3.8, 4) is 22.3 Å². The molecular formula is C37H28ClN. The summed E-state index contributed by atoms with van der Waals surface area (Å²) < 4.78 is 0. The molecule has 0 heterocycles. The van der Waals surface area contributed by atoms with E-state index in [2.05, 4.69) is 151 Å². The van der Waals surface area contributed by atoms with Gasteiger partial charge < -0.3 is 4.90 Å². The molecule has 0 bridgehead atoms. The summed E-state index contributed by atoms with van der Waals surface area (Å²) in [5, 5.41) is 0.722. The Morgan fingerprint density at radius 2 is 1.18 bits per heavy atom. The standard InChI is InChI=1S/C37H28ClN/c38-33-21-24-35(25-22-33)39(34-18-10-17-30(19-23-34)28-11-4-1-5-12-28)37-26-20-32(29-13-6-2-7-14-29)27-36(37)31-15-8-3-9-16-31/h1-18,20-27H,19H2. The van der Waals surface area contributed by atoms with Crippen LogP contribution in [0.4, 0.5) is 11.4 Å². The van der Waals surface area contributed by atoms with E-state index in [1.807, 2.05) is 12.1 Å². The molecule has 5 aromatic carbocycles. The van der Waals surface area contributed by atoms with Gasteiger partial charge in [-0.1, -0.05) is 127 Å². The van der Waals surface area contributed by atoms with Crippen LogP contribution in [0.3, 0.4) is 0 Å². The highest BCUT2D eigenvalue weighted by Crippen LogP contribution is 2.41. The second-order valence-corrected chi connectivity index (χ2v) is 9.96. The maximum atomic E-state index is 6.32. The van der Waals surface area contributed by atoms with Crippen molar-refractivity contribution in [3.05, 3.63) is 174 Å². The minimum Gasteiger partial charge on any atom is -0.310 e. The van der Waals surface area contributed by atoms with Gasteiger partial charge in [0, 0.05) is 22.0 Å². The van der Waals surface area contributed by atoms with Gasteiger partial charge in [0.05, 0.1) is 5.69 Å². The molecule has 0 aliphatic heterocycles. The summed E-state index contributed by atoms with van der Waals surface area (Å²) in [6, 6.07) is 46.6. The van der Waals surface area contributed by atoms with Crippen molar-refractivity contribution >= 4 is 28.5 Å². The summed E-state index contributed by atoms with van der Waals surface area (Å²) in [6.45, 7) is 0. The van der Waals surface area contributed by atoms with Crippen LogP contribution in [0.25, 0.3) is 27.8 Å². The van der Waals surface area contributed by atoms with Gasteiger partial charge in [0.15, 0.2) is 0 Å². The lowest BCUT2D eigenvalue weighted by molar-refractivity contribution is 1.19. The van der Waals surface area contributed by atoms with Crippen LogP contribution < -0.4 is 4.90 Å². The molecule has 0 fully saturated rings. The van der Waals surface area contributed by atoms with E-state index < -0.39 is 0 Å². The van der Waals surface area contributed by atoms with Crippen molar-refractivity contribution in [1.29, 1.82) is 0 Å². The first-order valence-electron chi connectivity index (χ1n) is 13.2. The normalized spacial score (nSPS) is 12.8. The molecule has 1 aliphatic rings. The first-order chi connectivity index (χ1) is 19.3. The van der Waals surface area contributed by atoms with E-state index in [-0.39, 0.29) is 0 Å². The number of rotatable bonds is 6. The fourth-order valence-corrected chi connectivity index (χ4v) is 5.18. The van der Waals surface area contributed by atoms with Crippen LogP contribution in [0.2, 0.25) is 5.02 Å². The molecule has 0 saturated heterocycles. The number of nitrogens with zero attached hydrogens (tertiary/aromatic N) is 1. The molecule has 5 aromatic rings. The zero-order chi connectivity index (χ0) is 26.4. The molecule has 188 valence electrons. The minimum atomic E-state index is 0.722. The van der Waals surface area contributed by atoms with E-state index in [0.717, 1.165) is 28.5 Å². The van der Waals surface area contributed by atoms with Gasteiger partial charge >= 0.3 is 0 Å². The zero-order valence-electron chi connectivity index (χ0n) is 21.5. The quantitative estimate of drug-likeness (QED) is 0.215. The lowest BCUT2D eigenvalue weighted by Gasteiger charge is -2.29. The molecule has 1 aliphatic carbocycles. The first-order valence-corrected chi connectivity index (χ1v) is 13.6. The molecular weight excluding hydrogens is 494 g/mol. The molecule has 0 saturated carbocycles. The van der Waals surface area contributed by atoms with Crippen LogP contribution in [0.1, 0.15) is 12.0 Å². The maximum Gasteiger partial charge on any atom is 0.0540 e. The third-order valence-corrected chi connectivity index (χ3v) is 7.26. The predicted octanol–water partition coefficient (Wildman–Crippen LogP) is 10.7. The Hall–Kier alpha value is -4.59. The van der Waals surface area contributed by atoms with Gasteiger partial charge in [-0.15, -0.1) is 0 Å². The summed E-state index contributed by atoms with van der Waals surface area (Å²) in [4.78, 5) is 2.34. The van der Waals surface area contributed by atoms with Gasteiger partial charge in [0.1, 0.15) is 0 Å². The average molecular weight is 522 g/mol. The SMILES string of the molecule is Clc1ccc(N(C2=CCC(c3ccccc3)=CC=C2)c2ccc(-c3ccccc3)cc2-c2ccccc2)cc1. The van der Waals surface area contributed by atoms with Crippen LogP contribution in [0.5, 0.6) is 0 Å². The van der Waals surface area contributed by atoms with Gasteiger partial charge in [-0.2, -0.15) is 0 Å². The fraction of sp³-hybridized carbons (Fsp3) is 0.0270. The molecule has 2 heteroatoms. The zero-order valence-corrected chi connectivity index (χ0v) is 22.3. The van der Waals surface area contributed by atoms with Crippen molar-refractivity contribution in [2.75, 3.05) is 4.90 Å². The molecule has 39 heavy (non-hydrogen) atoms. The Bertz CT molecular complexity index is 1650. The van der Waals surface area contributed by atoms with Crippen molar-refractivity contribution in [2.24, 2.45) is 0 Å². The minimum absolute atomic E-state index is 0.722. The molecule has 6 rings (SSSR count). The highest BCUT2D eigenvalue weighted by Gasteiger charge is 2.19. The summed E-state index contributed by atoms with van der Waals surface area (Å²) in [7, 11) is 0. The highest BCUT2D eigenvalue weighted by molar-refractivity contribution is 6.30. The third kappa shape index (κ3) is 5.50. The molecule has 0 aromatic heterocycles. The predicted molar refractivity (Wildman–Crippen MR) is 167 cm³/mol. The van der Waals surface area contributed by atoms with Gasteiger partial charge in [-0.05, 0) is 76.7 Å². The second kappa shape index (κ2) is 11.4. The van der Waals surface area contributed by atoms with Crippen LogP contribution in [-0.2, 0) is 0 Å². The highest BCUT2D eigenvalue weighted by atomic mass is 35.5. The fourth-order valence-electron chi connectivity index (χ4n) is 5.05. The van der Waals surface area contributed by atoms with E-state index in [0.29, 0.717) is 0 Å². The van der Waals surface area contributed by atoms with E-state index >= 15 is 0 Å². The Labute approximate surface area is 235 Å². The van der Waals surface area contributed by atoms with Gasteiger partial charge in [-0.3, -0.25) is 0 Å². The monoisotopic (exact) mass is 521 g/mol. The summed E-state index contributed by atoms with van der Waals surface area (Å²) in [5.74, 6) is 0. The number of hydrogen-bond acceptors (Lipinski definition) is 1. The number of allylic oxidation sites excluding steroid dienone is 5. The van der Waals surface area contributed by atoms with Crippen LogP contribution in [0, 0.1) is 0 Å².